The summed E-state index contributed by atoms with van der Waals surface area (Å²) in [7, 11) is 0. The van der Waals surface area contributed by atoms with Gasteiger partial charge >= 0.3 is 0 Å². The third-order valence-electron chi connectivity index (χ3n) is 3.06. The number of phenols is 1. The van der Waals surface area contributed by atoms with Crippen molar-refractivity contribution in [2.24, 2.45) is 5.73 Å². The lowest BCUT2D eigenvalue weighted by Crippen LogP contribution is -2.28. The Morgan fingerprint density at radius 1 is 1.10 bits per heavy atom. The lowest BCUT2D eigenvalue weighted by molar-refractivity contribution is 0.145. The molecule has 0 fully saturated rings. The maximum atomic E-state index is 10.2. The second kappa shape index (κ2) is 7.64. The lowest BCUT2D eigenvalue weighted by Gasteiger charge is -2.19. The highest BCUT2D eigenvalue weighted by molar-refractivity contribution is 9.10. The second-order valence-electron chi connectivity index (χ2n) is 4.49. The third-order valence-corrected chi connectivity index (χ3v) is 3.69. The molecular weight excluding hydrogens is 342 g/mol. The van der Waals surface area contributed by atoms with Gasteiger partial charge in [0.05, 0.1) is 16.6 Å². The maximum Gasteiger partial charge on any atom is 0.129 e. The monoisotopic (exact) mass is 357 g/mol. The zero-order valence-electron chi connectivity index (χ0n) is 10.7. The van der Waals surface area contributed by atoms with Gasteiger partial charge < -0.3 is 15.9 Å². The first-order valence-electron chi connectivity index (χ1n) is 6.04. The molecule has 5 heteroatoms. The van der Waals surface area contributed by atoms with Crippen LogP contribution < -0.4 is 5.73 Å². The van der Waals surface area contributed by atoms with Crippen LogP contribution in [0.4, 0.5) is 0 Å². The van der Waals surface area contributed by atoms with E-state index in [1.165, 1.54) is 0 Å². The summed E-state index contributed by atoms with van der Waals surface area (Å²) in [5, 5.41) is 19.6. The van der Waals surface area contributed by atoms with Crippen LogP contribution in [0.15, 0.2) is 53.0 Å². The van der Waals surface area contributed by atoms with E-state index in [9.17, 15) is 10.2 Å². The van der Waals surface area contributed by atoms with E-state index in [1.54, 1.807) is 18.2 Å². The van der Waals surface area contributed by atoms with E-state index in [1.807, 2.05) is 30.3 Å². The minimum absolute atomic E-state index is 0. The van der Waals surface area contributed by atoms with Gasteiger partial charge in [0.25, 0.3) is 0 Å². The van der Waals surface area contributed by atoms with Gasteiger partial charge in [0.1, 0.15) is 5.75 Å². The van der Waals surface area contributed by atoms with Crippen LogP contribution in [-0.2, 0) is 6.42 Å². The summed E-state index contributed by atoms with van der Waals surface area (Å²) in [6.07, 6.45) is -0.167. The first kappa shape index (κ1) is 17.0. The van der Waals surface area contributed by atoms with Crippen molar-refractivity contribution in [1.29, 1.82) is 0 Å². The molecule has 0 saturated heterocycles. The molecule has 2 aromatic carbocycles. The quantitative estimate of drug-likeness (QED) is 0.786. The molecule has 0 unspecified atom stereocenters. The minimum atomic E-state index is -0.668. The van der Waals surface area contributed by atoms with Crippen LogP contribution >= 0.6 is 28.3 Å². The summed E-state index contributed by atoms with van der Waals surface area (Å²) in [4.78, 5) is 0. The summed E-state index contributed by atoms with van der Waals surface area (Å²) in [5.74, 6) is 0.161. The summed E-state index contributed by atoms with van der Waals surface area (Å²) in [5.41, 5.74) is 7.88. The van der Waals surface area contributed by atoms with Crippen molar-refractivity contribution in [3.05, 3.63) is 64.1 Å². The van der Waals surface area contributed by atoms with Crippen LogP contribution in [0.2, 0.25) is 0 Å². The Morgan fingerprint density at radius 2 is 1.75 bits per heavy atom. The molecular formula is C15H17BrClNO2. The fourth-order valence-electron chi connectivity index (χ4n) is 1.94. The minimum Gasteiger partial charge on any atom is -0.507 e. The number of phenolic OH excluding ortho intramolecular Hbond substituents is 1. The first-order chi connectivity index (χ1) is 9.08. The van der Waals surface area contributed by atoms with Crippen molar-refractivity contribution in [1.82, 2.24) is 0 Å². The zero-order valence-corrected chi connectivity index (χ0v) is 13.1. The molecule has 0 radical (unpaired) electrons. The molecule has 0 spiro atoms. The highest BCUT2D eigenvalue weighted by Crippen LogP contribution is 2.28. The number of aliphatic hydroxyl groups excluding tert-OH is 1. The molecule has 0 saturated carbocycles. The SMILES string of the molecule is Cl.N[C@H](c1ccc(O)c(Br)c1)[C@@H](O)Cc1ccccc1. The topological polar surface area (TPSA) is 66.5 Å². The number of nitrogens with two attached hydrogens (primary N) is 1. The van der Waals surface area contributed by atoms with Gasteiger partial charge in [0, 0.05) is 6.42 Å². The molecule has 20 heavy (non-hydrogen) atoms. The number of rotatable bonds is 4. The van der Waals surface area contributed by atoms with Crippen molar-refractivity contribution in [3.63, 3.8) is 0 Å². The lowest BCUT2D eigenvalue weighted by atomic mass is 9.97. The molecule has 4 N–H and O–H groups in total. The van der Waals surface area contributed by atoms with E-state index in [4.69, 9.17) is 5.73 Å². The predicted molar refractivity (Wildman–Crippen MR) is 86.1 cm³/mol. The Labute approximate surface area is 133 Å². The van der Waals surface area contributed by atoms with Crippen molar-refractivity contribution >= 4 is 28.3 Å². The van der Waals surface area contributed by atoms with Crippen molar-refractivity contribution in [3.8, 4) is 5.75 Å². The van der Waals surface area contributed by atoms with Crippen molar-refractivity contribution in [2.45, 2.75) is 18.6 Å². The molecule has 0 bridgehead atoms. The third kappa shape index (κ3) is 4.21. The molecule has 108 valence electrons. The fraction of sp³-hybridized carbons (Fsp3) is 0.200. The van der Waals surface area contributed by atoms with E-state index in [0.29, 0.717) is 10.9 Å². The Bertz CT molecular complexity index is 551. The van der Waals surface area contributed by atoms with Gasteiger partial charge in [-0.15, -0.1) is 12.4 Å². The number of hydrogen-bond donors (Lipinski definition) is 3. The number of benzene rings is 2. The van der Waals surface area contributed by atoms with Crippen LogP contribution in [-0.4, -0.2) is 16.3 Å². The Balaban J connectivity index is 0.00000200. The first-order valence-corrected chi connectivity index (χ1v) is 6.83. The van der Waals surface area contributed by atoms with Gasteiger partial charge in [-0.3, -0.25) is 0 Å². The van der Waals surface area contributed by atoms with E-state index >= 15 is 0 Å². The molecule has 0 aliphatic heterocycles. The van der Waals surface area contributed by atoms with E-state index in [2.05, 4.69) is 15.9 Å². The predicted octanol–water partition coefficient (Wildman–Crippen LogP) is 3.18. The molecule has 0 aliphatic carbocycles. The Hall–Kier alpha value is -1.07. The Kier molecular flexibility index (Phi) is 6.49. The van der Waals surface area contributed by atoms with Gasteiger partial charge in [-0.25, -0.2) is 0 Å². The van der Waals surface area contributed by atoms with Gasteiger partial charge in [-0.2, -0.15) is 0 Å². The Morgan fingerprint density at radius 3 is 2.35 bits per heavy atom. The molecule has 0 aliphatic rings. The zero-order chi connectivity index (χ0) is 13.8. The molecule has 2 aromatic rings. The van der Waals surface area contributed by atoms with Gasteiger partial charge in [0.15, 0.2) is 0 Å². The molecule has 0 aromatic heterocycles. The number of aromatic hydroxyl groups is 1. The molecule has 3 nitrogen and oxygen atoms in total. The molecule has 2 rings (SSSR count). The largest absolute Gasteiger partial charge is 0.507 e. The average molecular weight is 359 g/mol. The van der Waals surface area contributed by atoms with Crippen LogP contribution in [0.1, 0.15) is 17.2 Å². The molecule has 2 atom stereocenters. The molecule has 0 heterocycles. The maximum absolute atomic E-state index is 10.2. The average Bonchev–Trinajstić information content (AvgIpc) is 2.42. The van der Waals surface area contributed by atoms with E-state index in [-0.39, 0.29) is 18.2 Å². The molecule has 0 amide bonds. The normalized spacial score (nSPS) is 13.3. The smallest absolute Gasteiger partial charge is 0.129 e. The van der Waals surface area contributed by atoms with Crippen molar-refractivity contribution in [2.75, 3.05) is 0 Å². The number of hydrogen-bond acceptors (Lipinski definition) is 3. The number of halogens is 2. The van der Waals surface area contributed by atoms with Crippen LogP contribution in [0.3, 0.4) is 0 Å². The van der Waals surface area contributed by atoms with E-state index in [0.717, 1.165) is 11.1 Å². The second-order valence-corrected chi connectivity index (χ2v) is 5.35. The summed E-state index contributed by atoms with van der Waals surface area (Å²) in [6.45, 7) is 0. The highest BCUT2D eigenvalue weighted by atomic mass is 79.9. The van der Waals surface area contributed by atoms with Crippen molar-refractivity contribution < 1.29 is 10.2 Å². The summed E-state index contributed by atoms with van der Waals surface area (Å²) < 4.78 is 0.576. The van der Waals surface area contributed by atoms with Gasteiger partial charge in [-0.1, -0.05) is 36.4 Å². The van der Waals surface area contributed by atoms with Gasteiger partial charge in [-0.05, 0) is 39.2 Å². The summed E-state index contributed by atoms with van der Waals surface area (Å²) >= 11 is 3.24. The van der Waals surface area contributed by atoms with Crippen LogP contribution in [0.5, 0.6) is 5.75 Å². The van der Waals surface area contributed by atoms with E-state index < -0.39 is 12.1 Å². The van der Waals surface area contributed by atoms with Crippen LogP contribution in [0, 0.1) is 0 Å². The highest BCUT2D eigenvalue weighted by Gasteiger charge is 2.18. The fourth-order valence-corrected chi connectivity index (χ4v) is 2.33. The number of aliphatic hydroxyl groups is 1. The summed E-state index contributed by atoms with van der Waals surface area (Å²) in [6, 6.07) is 14.3. The standard InChI is InChI=1S/C15H16BrNO2.ClH/c16-12-9-11(6-7-13(12)18)15(17)14(19)8-10-4-2-1-3-5-10;/h1-7,9,14-15,18-19H,8,17H2;1H/t14-,15+;/m0./s1. The van der Waals surface area contributed by atoms with Gasteiger partial charge in [0.2, 0.25) is 0 Å². The van der Waals surface area contributed by atoms with Crippen LogP contribution in [0.25, 0.3) is 0 Å².